The summed E-state index contributed by atoms with van der Waals surface area (Å²) in [6.45, 7) is 4.11. The summed E-state index contributed by atoms with van der Waals surface area (Å²) in [4.78, 5) is 2.49. The molecule has 0 aromatic heterocycles. The molecule has 21 heavy (non-hydrogen) atoms. The van der Waals surface area contributed by atoms with E-state index in [0.717, 1.165) is 31.7 Å². The summed E-state index contributed by atoms with van der Waals surface area (Å²) in [6, 6.07) is 5.33. The van der Waals surface area contributed by atoms with Crippen LogP contribution in [-0.4, -0.2) is 31.1 Å². The first-order valence-electron chi connectivity index (χ1n) is 7.15. The number of hydrogen-bond donors (Lipinski definition) is 1. The van der Waals surface area contributed by atoms with Gasteiger partial charge in [0.15, 0.2) is 0 Å². The molecule has 2 aliphatic rings. The molecule has 2 fully saturated rings. The second-order valence-electron chi connectivity index (χ2n) is 5.62. The Labute approximate surface area is 143 Å². The van der Waals surface area contributed by atoms with Gasteiger partial charge in [0.05, 0.1) is 0 Å². The molecule has 1 aliphatic carbocycles. The van der Waals surface area contributed by atoms with Gasteiger partial charge in [0.25, 0.3) is 0 Å². The van der Waals surface area contributed by atoms with Crippen molar-refractivity contribution in [3.8, 4) is 0 Å². The van der Waals surface area contributed by atoms with Crippen LogP contribution < -0.4 is 5.32 Å². The lowest BCUT2D eigenvalue weighted by atomic mass is 9.76. The minimum absolute atomic E-state index is 0. The van der Waals surface area contributed by atoms with Crippen LogP contribution in [0, 0.1) is 11.7 Å². The van der Waals surface area contributed by atoms with Crippen molar-refractivity contribution in [3.05, 3.63) is 34.6 Å². The molecule has 1 aromatic rings. The summed E-state index contributed by atoms with van der Waals surface area (Å²) >= 11 is 6.03. The molecular formula is C15H22Cl3FN2. The van der Waals surface area contributed by atoms with Gasteiger partial charge in [-0.2, -0.15) is 0 Å². The fourth-order valence-corrected chi connectivity index (χ4v) is 3.47. The van der Waals surface area contributed by atoms with E-state index in [1.807, 2.05) is 6.07 Å². The Morgan fingerprint density at radius 1 is 1.14 bits per heavy atom. The van der Waals surface area contributed by atoms with Crippen LogP contribution in [0.5, 0.6) is 0 Å². The van der Waals surface area contributed by atoms with E-state index in [0.29, 0.717) is 17.0 Å². The molecule has 1 N–H and O–H groups in total. The zero-order chi connectivity index (χ0) is 13.2. The molecule has 0 amide bonds. The van der Waals surface area contributed by atoms with Gasteiger partial charge in [0.2, 0.25) is 0 Å². The first-order chi connectivity index (χ1) is 9.24. The molecule has 1 saturated carbocycles. The highest BCUT2D eigenvalue weighted by Gasteiger charge is 2.33. The van der Waals surface area contributed by atoms with Gasteiger partial charge in [0, 0.05) is 37.2 Å². The lowest BCUT2D eigenvalue weighted by Crippen LogP contribution is -2.47. The highest BCUT2D eigenvalue weighted by atomic mass is 35.5. The van der Waals surface area contributed by atoms with Crippen LogP contribution in [-0.2, 0) is 0 Å². The van der Waals surface area contributed by atoms with Crippen molar-refractivity contribution in [3.63, 3.8) is 0 Å². The van der Waals surface area contributed by atoms with Crippen molar-refractivity contribution in [1.82, 2.24) is 10.2 Å². The van der Waals surface area contributed by atoms with Gasteiger partial charge in [-0.15, -0.1) is 24.8 Å². The monoisotopic (exact) mass is 354 g/mol. The van der Waals surface area contributed by atoms with E-state index in [1.165, 1.54) is 25.3 Å². The molecule has 3 rings (SSSR count). The van der Waals surface area contributed by atoms with Crippen LogP contribution in [0.1, 0.15) is 30.9 Å². The van der Waals surface area contributed by atoms with Gasteiger partial charge in [-0.1, -0.05) is 18.0 Å². The third kappa shape index (κ3) is 4.46. The van der Waals surface area contributed by atoms with E-state index in [2.05, 4.69) is 10.2 Å². The molecule has 1 atom stereocenters. The number of hydrogen-bond acceptors (Lipinski definition) is 2. The highest BCUT2D eigenvalue weighted by Crippen LogP contribution is 2.42. The maximum Gasteiger partial charge on any atom is 0.125 e. The van der Waals surface area contributed by atoms with Crippen molar-refractivity contribution in [2.24, 2.45) is 5.92 Å². The van der Waals surface area contributed by atoms with Crippen molar-refractivity contribution in [2.75, 3.05) is 26.2 Å². The smallest absolute Gasteiger partial charge is 0.125 e. The molecule has 1 aromatic carbocycles. The van der Waals surface area contributed by atoms with Crippen molar-refractivity contribution < 1.29 is 4.39 Å². The number of rotatable bonds is 3. The molecule has 0 spiro atoms. The van der Waals surface area contributed by atoms with Crippen molar-refractivity contribution >= 4 is 36.4 Å². The van der Waals surface area contributed by atoms with Gasteiger partial charge in [-0.05, 0) is 42.5 Å². The van der Waals surface area contributed by atoms with E-state index < -0.39 is 0 Å². The summed E-state index contributed by atoms with van der Waals surface area (Å²) in [5, 5.41) is 3.89. The van der Waals surface area contributed by atoms with Crippen LogP contribution in [0.2, 0.25) is 5.02 Å². The fourth-order valence-electron chi connectivity index (χ4n) is 3.24. The molecular weight excluding hydrogens is 334 g/mol. The summed E-state index contributed by atoms with van der Waals surface area (Å²) in [5.74, 6) is 0.443. The standard InChI is InChI=1S/C15H20ClFN2.2ClH/c16-13-8-12(9-14(17)10-13)15(11-2-1-3-11)19-6-4-18-5-7-19;;/h8-11,15,18H,1-7H2;2*1H/t15-;;/m0../s1. The van der Waals surface area contributed by atoms with E-state index in [4.69, 9.17) is 11.6 Å². The molecule has 1 saturated heterocycles. The quantitative estimate of drug-likeness (QED) is 0.879. The summed E-state index contributed by atoms with van der Waals surface area (Å²) in [7, 11) is 0. The Balaban J connectivity index is 0.00000110. The second kappa shape index (κ2) is 8.54. The van der Waals surface area contributed by atoms with Crippen molar-refractivity contribution in [2.45, 2.75) is 25.3 Å². The maximum absolute atomic E-state index is 13.6. The number of benzene rings is 1. The van der Waals surface area contributed by atoms with Crippen LogP contribution in [0.4, 0.5) is 4.39 Å². The Kier molecular flexibility index (Phi) is 7.72. The van der Waals surface area contributed by atoms with Gasteiger partial charge in [0.1, 0.15) is 5.82 Å². The third-order valence-corrected chi connectivity index (χ3v) is 4.59. The van der Waals surface area contributed by atoms with Crippen LogP contribution in [0.3, 0.4) is 0 Å². The largest absolute Gasteiger partial charge is 0.314 e. The number of halogens is 4. The molecule has 0 bridgehead atoms. The average molecular weight is 356 g/mol. The number of nitrogens with zero attached hydrogens (tertiary/aromatic N) is 1. The van der Waals surface area contributed by atoms with Crippen LogP contribution >= 0.6 is 36.4 Å². The summed E-state index contributed by atoms with van der Waals surface area (Å²) in [5.41, 5.74) is 1.05. The minimum atomic E-state index is -0.220. The van der Waals surface area contributed by atoms with Crippen LogP contribution in [0.25, 0.3) is 0 Å². The molecule has 0 unspecified atom stereocenters. The molecule has 1 aliphatic heterocycles. The highest BCUT2D eigenvalue weighted by molar-refractivity contribution is 6.30. The molecule has 0 radical (unpaired) electrons. The Morgan fingerprint density at radius 2 is 1.81 bits per heavy atom. The maximum atomic E-state index is 13.6. The van der Waals surface area contributed by atoms with Gasteiger partial charge < -0.3 is 5.32 Å². The van der Waals surface area contributed by atoms with Gasteiger partial charge in [-0.25, -0.2) is 4.39 Å². The van der Waals surface area contributed by atoms with E-state index in [1.54, 1.807) is 6.07 Å². The Hall–Kier alpha value is -0.0600. The van der Waals surface area contributed by atoms with E-state index in [9.17, 15) is 4.39 Å². The first kappa shape index (κ1) is 19.0. The molecule has 6 heteroatoms. The normalized spacial score (nSPS) is 20.9. The van der Waals surface area contributed by atoms with E-state index in [-0.39, 0.29) is 30.6 Å². The van der Waals surface area contributed by atoms with Gasteiger partial charge in [-0.3, -0.25) is 4.90 Å². The molecule has 2 nitrogen and oxygen atoms in total. The number of piperazine rings is 1. The predicted octanol–water partition coefficient (Wildman–Crippen LogP) is 4.07. The average Bonchev–Trinajstić information content (AvgIpc) is 2.33. The lowest BCUT2D eigenvalue weighted by Gasteiger charge is -2.43. The zero-order valence-electron chi connectivity index (χ0n) is 11.9. The fraction of sp³-hybridized carbons (Fsp3) is 0.600. The summed E-state index contributed by atoms with van der Waals surface area (Å²) < 4.78 is 13.6. The van der Waals surface area contributed by atoms with Crippen molar-refractivity contribution in [1.29, 1.82) is 0 Å². The predicted molar refractivity (Wildman–Crippen MR) is 90.4 cm³/mol. The Morgan fingerprint density at radius 3 is 2.33 bits per heavy atom. The van der Waals surface area contributed by atoms with E-state index >= 15 is 0 Å². The summed E-state index contributed by atoms with van der Waals surface area (Å²) in [6.07, 6.45) is 3.81. The minimum Gasteiger partial charge on any atom is -0.314 e. The zero-order valence-corrected chi connectivity index (χ0v) is 14.2. The third-order valence-electron chi connectivity index (χ3n) is 4.37. The van der Waals surface area contributed by atoms with Crippen LogP contribution in [0.15, 0.2) is 18.2 Å². The first-order valence-corrected chi connectivity index (χ1v) is 7.52. The number of nitrogens with one attached hydrogen (secondary N) is 1. The molecule has 1 heterocycles. The Bertz CT molecular complexity index is 428. The molecule has 120 valence electrons. The second-order valence-corrected chi connectivity index (χ2v) is 6.06. The topological polar surface area (TPSA) is 15.3 Å². The van der Waals surface area contributed by atoms with Gasteiger partial charge >= 0.3 is 0 Å². The lowest BCUT2D eigenvalue weighted by molar-refractivity contribution is 0.0835. The SMILES string of the molecule is Cl.Cl.Fc1cc(Cl)cc([C@H](C2CCC2)N2CCNCC2)c1.